The molecule has 3 rings (SSSR count). The topological polar surface area (TPSA) is 72.8 Å². The molecule has 1 unspecified atom stereocenters. The van der Waals surface area contributed by atoms with Gasteiger partial charge in [-0.05, 0) is 13.1 Å². The lowest BCUT2D eigenvalue weighted by atomic mass is 10.2. The van der Waals surface area contributed by atoms with E-state index in [0.29, 0.717) is 11.5 Å². The van der Waals surface area contributed by atoms with E-state index in [0.717, 1.165) is 11.3 Å². The van der Waals surface area contributed by atoms with Crippen molar-refractivity contribution in [2.75, 3.05) is 18.6 Å². The molecule has 4 atom stereocenters. The van der Waals surface area contributed by atoms with Crippen LogP contribution in [0.1, 0.15) is 10.9 Å². The van der Waals surface area contributed by atoms with E-state index in [1.54, 1.807) is 29.6 Å². The van der Waals surface area contributed by atoms with Crippen molar-refractivity contribution in [3.05, 3.63) is 29.8 Å². The fourth-order valence-corrected chi connectivity index (χ4v) is 5.79. The van der Waals surface area contributed by atoms with Gasteiger partial charge in [0.2, 0.25) is 0 Å². The number of likely N-dealkylation sites (N-methyl/N-ethyl adjacent to an activating group) is 1. The minimum absolute atomic E-state index is 0.0640. The summed E-state index contributed by atoms with van der Waals surface area (Å²) < 4.78 is 0. The number of phenolic OH excluding ortho intramolecular Hbond substituents is 1. The van der Waals surface area contributed by atoms with Crippen molar-refractivity contribution in [1.29, 1.82) is 0 Å². The van der Waals surface area contributed by atoms with Crippen molar-refractivity contribution in [2.24, 2.45) is 0 Å². The molecule has 1 aromatic carbocycles. The van der Waals surface area contributed by atoms with E-state index in [2.05, 4.69) is 5.32 Å². The van der Waals surface area contributed by atoms with Gasteiger partial charge in [-0.1, -0.05) is 18.2 Å². The summed E-state index contributed by atoms with van der Waals surface area (Å²) in [7, 11) is 1.88. The van der Waals surface area contributed by atoms with Crippen LogP contribution in [0.5, 0.6) is 5.75 Å². The Bertz CT molecular complexity index is 543. The summed E-state index contributed by atoms with van der Waals surface area (Å²) in [5.41, 5.74) is 0.894. The van der Waals surface area contributed by atoms with E-state index in [1.165, 1.54) is 0 Å². The summed E-state index contributed by atoms with van der Waals surface area (Å²) in [5, 5.41) is 22.9. The highest BCUT2D eigenvalue weighted by Gasteiger charge is 2.42. The molecule has 114 valence electrons. The second-order valence-corrected chi connectivity index (χ2v) is 7.58. The standard InChI is InChI=1S/C14H18N2O3S2/c1-16-10(14(18)19)7-21-13(16)9-6-20-12(15-9)8-4-2-3-5-11(8)17/h2-5,9-10,12-13,15,17H,6-7H2,1H3,(H,18,19)/t9-,10+,12?,13-/m1/s1. The zero-order valence-electron chi connectivity index (χ0n) is 11.6. The molecule has 2 aliphatic heterocycles. The Hall–Kier alpha value is -0.890. The van der Waals surface area contributed by atoms with Crippen LogP contribution in [0, 0.1) is 0 Å². The molecule has 5 nitrogen and oxygen atoms in total. The molecule has 7 heteroatoms. The molecule has 2 heterocycles. The zero-order chi connectivity index (χ0) is 15.0. The Kier molecular flexibility index (Phi) is 4.35. The summed E-state index contributed by atoms with van der Waals surface area (Å²) in [6, 6.07) is 7.17. The Morgan fingerprint density at radius 2 is 2.10 bits per heavy atom. The van der Waals surface area contributed by atoms with E-state index < -0.39 is 12.0 Å². The van der Waals surface area contributed by atoms with Crippen molar-refractivity contribution in [2.45, 2.75) is 22.8 Å². The van der Waals surface area contributed by atoms with E-state index in [9.17, 15) is 15.0 Å². The molecule has 2 fully saturated rings. The van der Waals surface area contributed by atoms with E-state index in [-0.39, 0.29) is 16.8 Å². The molecule has 21 heavy (non-hydrogen) atoms. The lowest BCUT2D eigenvalue weighted by molar-refractivity contribution is -0.141. The molecule has 0 aliphatic carbocycles. The lowest BCUT2D eigenvalue weighted by Crippen LogP contribution is -2.47. The molecule has 0 saturated carbocycles. The summed E-state index contributed by atoms with van der Waals surface area (Å²) in [5.74, 6) is 1.09. The molecule has 0 spiro atoms. The molecular weight excluding hydrogens is 308 g/mol. The third-order valence-corrected chi connectivity index (χ3v) is 6.76. The molecule has 1 aromatic rings. The number of nitrogens with zero attached hydrogens (tertiary/aromatic N) is 1. The molecule has 2 saturated heterocycles. The molecule has 0 amide bonds. The van der Waals surface area contributed by atoms with Gasteiger partial charge in [0.25, 0.3) is 0 Å². The minimum Gasteiger partial charge on any atom is -0.508 e. The summed E-state index contributed by atoms with van der Waals surface area (Å²) in [4.78, 5) is 13.1. The number of carbonyl (C=O) groups is 1. The zero-order valence-corrected chi connectivity index (χ0v) is 13.2. The van der Waals surface area contributed by atoms with Gasteiger partial charge in [0, 0.05) is 23.1 Å². The molecule has 2 aliphatic rings. The molecule has 0 radical (unpaired) electrons. The van der Waals surface area contributed by atoms with Crippen molar-refractivity contribution in [1.82, 2.24) is 10.2 Å². The predicted molar refractivity (Wildman–Crippen MR) is 85.7 cm³/mol. The molecule has 3 N–H and O–H groups in total. The van der Waals surface area contributed by atoms with E-state index in [1.807, 2.05) is 30.1 Å². The van der Waals surface area contributed by atoms with Crippen LogP contribution in [0.15, 0.2) is 24.3 Å². The lowest BCUT2D eigenvalue weighted by Gasteiger charge is -2.27. The van der Waals surface area contributed by atoms with Gasteiger partial charge in [-0.15, -0.1) is 23.5 Å². The first-order valence-electron chi connectivity index (χ1n) is 6.80. The average molecular weight is 326 g/mol. The number of aliphatic carboxylic acids is 1. The quantitative estimate of drug-likeness (QED) is 0.778. The number of phenols is 1. The highest BCUT2D eigenvalue weighted by atomic mass is 32.2. The van der Waals surface area contributed by atoms with Gasteiger partial charge in [0.1, 0.15) is 11.8 Å². The van der Waals surface area contributed by atoms with Gasteiger partial charge in [0.15, 0.2) is 0 Å². The van der Waals surface area contributed by atoms with Crippen LogP contribution < -0.4 is 5.32 Å². The average Bonchev–Trinajstić information content (AvgIpc) is 3.05. The second kappa shape index (κ2) is 6.08. The number of hydrogen-bond acceptors (Lipinski definition) is 6. The number of thioether (sulfide) groups is 2. The number of para-hydroxylation sites is 1. The smallest absolute Gasteiger partial charge is 0.321 e. The normalized spacial score (nSPS) is 33.4. The first-order valence-corrected chi connectivity index (χ1v) is 8.89. The largest absolute Gasteiger partial charge is 0.508 e. The van der Waals surface area contributed by atoms with Crippen molar-refractivity contribution in [3.63, 3.8) is 0 Å². The molecule has 0 bridgehead atoms. The van der Waals surface area contributed by atoms with Crippen molar-refractivity contribution in [3.8, 4) is 5.75 Å². The van der Waals surface area contributed by atoms with Crippen LogP contribution in [0.2, 0.25) is 0 Å². The monoisotopic (exact) mass is 326 g/mol. The van der Waals surface area contributed by atoms with Gasteiger partial charge in [-0.3, -0.25) is 15.0 Å². The van der Waals surface area contributed by atoms with Gasteiger partial charge in [-0.2, -0.15) is 0 Å². The third-order valence-electron chi connectivity index (χ3n) is 3.97. The number of carboxylic acids is 1. The van der Waals surface area contributed by atoms with Gasteiger partial charge in [0.05, 0.1) is 10.7 Å². The highest BCUT2D eigenvalue weighted by molar-refractivity contribution is 8.01. The maximum Gasteiger partial charge on any atom is 0.321 e. The molecular formula is C14H18N2O3S2. The number of nitrogens with one attached hydrogen (secondary N) is 1. The Labute approximate surface area is 132 Å². The number of benzene rings is 1. The Balaban J connectivity index is 1.68. The summed E-state index contributed by atoms with van der Waals surface area (Å²) >= 11 is 3.45. The number of carboxylic acid groups (broad SMARTS) is 1. The second-order valence-electron chi connectivity index (χ2n) is 5.29. The first-order chi connectivity index (χ1) is 10.1. The van der Waals surface area contributed by atoms with Gasteiger partial charge in [-0.25, -0.2) is 0 Å². The van der Waals surface area contributed by atoms with Crippen LogP contribution >= 0.6 is 23.5 Å². The van der Waals surface area contributed by atoms with Crippen LogP contribution in [-0.2, 0) is 4.79 Å². The maximum absolute atomic E-state index is 11.2. The Morgan fingerprint density at radius 3 is 2.76 bits per heavy atom. The number of hydrogen-bond donors (Lipinski definition) is 3. The first kappa shape index (κ1) is 15.0. The SMILES string of the molecule is CN1[C@@H]([C@H]2CSC(c3ccccc3O)N2)SC[C@H]1C(=O)O. The van der Waals surface area contributed by atoms with Crippen LogP contribution in [0.3, 0.4) is 0 Å². The van der Waals surface area contributed by atoms with Crippen LogP contribution in [-0.4, -0.2) is 57.1 Å². The van der Waals surface area contributed by atoms with Gasteiger partial charge >= 0.3 is 5.97 Å². The van der Waals surface area contributed by atoms with Crippen LogP contribution in [0.4, 0.5) is 0 Å². The highest BCUT2D eigenvalue weighted by Crippen LogP contribution is 2.41. The van der Waals surface area contributed by atoms with E-state index in [4.69, 9.17) is 0 Å². The van der Waals surface area contributed by atoms with Crippen molar-refractivity contribution >= 4 is 29.5 Å². The van der Waals surface area contributed by atoms with Crippen molar-refractivity contribution < 1.29 is 15.0 Å². The third kappa shape index (κ3) is 2.88. The minimum atomic E-state index is -0.754. The number of rotatable bonds is 3. The molecule has 0 aromatic heterocycles. The van der Waals surface area contributed by atoms with Gasteiger partial charge < -0.3 is 10.2 Å². The predicted octanol–water partition coefficient (Wildman–Crippen LogP) is 1.55. The maximum atomic E-state index is 11.2. The van der Waals surface area contributed by atoms with E-state index >= 15 is 0 Å². The van der Waals surface area contributed by atoms with Crippen LogP contribution in [0.25, 0.3) is 0 Å². The summed E-state index contributed by atoms with van der Waals surface area (Å²) in [6.45, 7) is 0. The Morgan fingerprint density at radius 1 is 1.33 bits per heavy atom. The fourth-order valence-electron chi connectivity index (χ4n) is 2.79. The number of aromatic hydroxyl groups is 1. The fraction of sp³-hybridized carbons (Fsp3) is 0.500. The summed E-state index contributed by atoms with van der Waals surface area (Å²) in [6.07, 6.45) is 0.